The summed E-state index contributed by atoms with van der Waals surface area (Å²) < 4.78 is 31.1. The molecule has 1 aliphatic rings. The zero-order valence-corrected chi connectivity index (χ0v) is 21.0. The van der Waals surface area contributed by atoms with Crippen molar-refractivity contribution in [3.63, 3.8) is 0 Å². The number of carbonyl (C=O) groups is 1. The number of benzene rings is 2. The lowest BCUT2D eigenvalue weighted by Gasteiger charge is -2.28. The summed E-state index contributed by atoms with van der Waals surface area (Å²) in [5.74, 6) is -1.64. The number of hydrogen-bond acceptors (Lipinski definition) is 6. The van der Waals surface area contributed by atoms with Crippen LogP contribution < -0.4 is 20.4 Å². The van der Waals surface area contributed by atoms with Gasteiger partial charge in [-0.1, -0.05) is 17.7 Å². The smallest absolute Gasteiger partial charge is 0.334 e. The zero-order chi connectivity index (χ0) is 26.7. The van der Waals surface area contributed by atoms with Gasteiger partial charge in [-0.05, 0) is 44.2 Å². The first-order chi connectivity index (χ1) is 17.7. The number of aliphatic hydroxyl groups excluding tert-OH is 1. The molecule has 0 radical (unpaired) electrons. The minimum atomic E-state index is -0.964. The summed E-state index contributed by atoms with van der Waals surface area (Å²) in [5.41, 5.74) is 0.895. The third kappa shape index (κ3) is 5.34. The number of pyridine rings is 1. The molecule has 1 aromatic heterocycles. The lowest BCUT2D eigenvalue weighted by atomic mass is 10.0. The van der Waals surface area contributed by atoms with Gasteiger partial charge in [-0.25, -0.2) is 18.6 Å². The summed E-state index contributed by atoms with van der Waals surface area (Å²) in [7, 11) is 0. The summed E-state index contributed by atoms with van der Waals surface area (Å²) in [6.45, 7) is 4.74. The Morgan fingerprint density at radius 3 is 2.54 bits per heavy atom. The number of amides is 2. The molecule has 4 rings (SSSR count). The number of nitriles is 1. The van der Waals surface area contributed by atoms with Gasteiger partial charge in [0.25, 0.3) is 0 Å². The zero-order valence-electron chi connectivity index (χ0n) is 20.2. The summed E-state index contributed by atoms with van der Waals surface area (Å²) in [4.78, 5) is 20.4. The molecule has 2 aromatic carbocycles. The third-order valence-corrected chi connectivity index (χ3v) is 6.00. The molecule has 3 aromatic rings. The number of rotatable bonds is 8. The molecule has 37 heavy (non-hydrogen) atoms. The van der Waals surface area contributed by atoms with E-state index in [2.05, 4.69) is 15.6 Å². The second-order valence-electron chi connectivity index (χ2n) is 8.50. The van der Waals surface area contributed by atoms with E-state index < -0.39 is 29.5 Å². The van der Waals surface area contributed by atoms with E-state index in [4.69, 9.17) is 11.6 Å². The lowest BCUT2D eigenvalue weighted by Crippen LogP contribution is -2.41. The maximum absolute atomic E-state index is 15.5. The topological polar surface area (TPSA) is 105 Å². The summed E-state index contributed by atoms with van der Waals surface area (Å²) in [6.07, 6.45) is 0.886. The summed E-state index contributed by atoms with van der Waals surface area (Å²) >= 11 is 6.20. The highest BCUT2D eigenvalue weighted by atomic mass is 35.5. The third-order valence-electron chi connectivity index (χ3n) is 5.80. The predicted molar refractivity (Wildman–Crippen MR) is 139 cm³/mol. The van der Waals surface area contributed by atoms with E-state index in [0.717, 1.165) is 17.0 Å². The molecule has 0 unspecified atom stereocenters. The van der Waals surface area contributed by atoms with E-state index in [-0.39, 0.29) is 29.3 Å². The van der Waals surface area contributed by atoms with E-state index in [0.29, 0.717) is 35.8 Å². The number of carbonyl (C=O) groups excluding carboxylic acids is 1. The second-order valence-corrected chi connectivity index (χ2v) is 8.94. The SMILES string of the molecule is CCN1C(=O)N(c2c(F)cc(NCCNC[C@@H](C)O)cc2F)c2cc(C#N)ccc2-c2cc(Cl)cnc21. The van der Waals surface area contributed by atoms with E-state index in [1.54, 1.807) is 32.0 Å². The number of urea groups is 1. The Morgan fingerprint density at radius 1 is 1.16 bits per heavy atom. The Bertz CT molecular complexity index is 1350. The van der Waals surface area contributed by atoms with Crippen LogP contribution in [0, 0.1) is 23.0 Å². The van der Waals surface area contributed by atoms with Gasteiger partial charge in [-0.15, -0.1) is 0 Å². The highest BCUT2D eigenvalue weighted by Gasteiger charge is 2.36. The number of anilines is 4. The fourth-order valence-electron chi connectivity index (χ4n) is 4.16. The molecule has 3 N–H and O–H groups in total. The first kappa shape index (κ1) is 26.3. The number of halogens is 3. The molecule has 2 amide bonds. The van der Waals surface area contributed by atoms with E-state index in [1.165, 1.54) is 17.2 Å². The fraction of sp³-hybridized carbons (Fsp3) is 0.269. The first-order valence-corrected chi connectivity index (χ1v) is 12.1. The minimum absolute atomic E-state index is 0.131. The lowest BCUT2D eigenvalue weighted by molar-refractivity contribution is 0.192. The second kappa shape index (κ2) is 11.1. The molecule has 2 heterocycles. The van der Waals surface area contributed by atoms with Crippen LogP contribution in [0.4, 0.5) is 36.5 Å². The standard InChI is InChI=1S/C26H25ClF2N6O2/c1-3-34-25-20(9-17(27)14-33-25)19-5-4-16(12-30)8-23(19)35(26(34)37)24-21(28)10-18(11-22(24)29)32-7-6-31-13-15(2)36/h4-5,8-11,14-15,31-32,36H,3,6-7,13H2,1-2H3/t15-/m1/s1. The molecule has 192 valence electrons. The van der Waals surface area contributed by atoms with Crippen LogP contribution in [0.1, 0.15) is 19.4 Å². The van der Waals surface area contributed by atoms with Crippen LogP contribution in [-0.4, -0.2) is 48.4 Å². The minimum Gasteiger partial charge on any atom is -0.392 e. The highest BCUT2D eigenvalue weighted by Crippen LogP contribution is 2.45. The number of nitrogens with one attached hydrogen (secondary N) is 2. The monoisotopic (exact) mass is 526 g/mol. The van der Waals surface area contributed by atoms with Crippen LogP contribution in [0.5, 0.6) is 0 Å². The Balaban J connectivity index is 1.80. The molecule has 11 heteroatoms. The van der Waals surface area contributed by atoms with Gasteiger partial charge in [0.1, 0.15) is 11.5 Å². The van der Waals surface area contributed by atoms with Crippen molar-refractivity contribution in [3.8, 4) is 17.2 Å². The molecule has 0 fully saturated rings. The van der Waals surface area contributed by atoms with Gasteiger partial charge in [-0.3, -0.25) is 9.80 Å². The highest BCUT2D eigenvalue weighted by molar-refractivity contribution is 6.31. The number of aliphatic hydroxyl groups is 1. The van der Waals surface area contributed by atoms with Gasteiger partial charge in [0.2, 0.25) is 0 Å². The normalized spacial score (nSPS) is 13.5. The van der Waals surface area contributed by atoms with Gasteiger partial charge in [0.15, 0.2) is 11.6 Å². The van der Waals surface area contributed by atoms with Gasteiger partial charge >= 0.3 is 6.03 Å². The predicted octanol–water partition coefficient (Wildman–Crippen LogP) is 5.03. The molecule has 0 aliphatic carbocycles. The van der Waals surface area contributed by atoms with E-state index in [1.807, 2.05) is 6.07 Å². The molecular formula is C26H25ClF2N6O2. The van der Waals surface area contributed by atoms with Gasteiger partial charge in [-0.2, -0.15) is 5.26 Å². The molecule has 1 aliphatic heterocycles. The number of fused-ring (bicyclic) bond motifs is 3. The fourth-order valence-corrected chi connectivity index (χ4v) is 4.32. The van der Waals surface area contributed by atoms with E-state index >= 15 is 8.78 Å². The summed E-state index contributed by atoms with van der Waals surface area (Å²) in [6, 6.07) is 9.70. The molecule has 0 spiro atoms. The van der Waals surface area contributed by atoms with Crippen molar-refractivity contribution in [3.05, 3.63) is 64.8 Å². The van der Waals surface area contributed by atoms with Crippen LogP contribution in [0.25, 0.3) is 11.1 Å². The maximum atomic E-state index is 15.5. The van der Waals surface area contributed by atoms with Crippen LogP contribution in [-0.2, 0) is 0 Å². The molecule has 8 nitrogen and oxygen atoms in total. The van der Waals surface area contributed by atoms with E-state index in [9.17, 15) is 15.2 Å². The molecule has 1 atom stereocenters. The molecule has 0 saturated heterocycles. The summed E-state index contributed by atoms with van der Waals surface area (Å²) in [5, 5.41) is 25.0. The van der Waals surface area contributed by atoms with Crippen molar-refractivity contribution in [1.29, 1.82) is 5.26 Å². The largest absolute Gasteiger partial charge is 0.392 e. The maximum Gasteiger partial charge on any atom is 0.334 e. The van der Waals surface area contributed by atoms with Crippen molar-refractivity contribution >= 4 is 40.5 Å². The average Bonchev–Trinajstić information content (AvgIpc) is 2.95. The number of nitrogens with zero attached hydrogens (tertiary/aromatic N) is 4. The van der Waals surface area contributed by atoms with Crippen molar-refractivity contribution in [2.24, 2.45) is 0 Å². The molecule has 0 saturated carbocycles. The van der Waals surface area contributed by atoms with Gasteiger partial charge in [0, 0.05) is 49.2 Å². The van der Waals surface area contributed by atoms with Crippen molar-refractivity contribution in [2.75, 3.05) is 41.3 Å². The Hall–Kier alpha value is -3.78. The van der Waals surface area contributed by atoms with Crippen molar-refractivity contribution in [1.82, 2.24) is 10.3 Å². The first-order valence-electron chi connectivity index (χ1n) is 11.7. The van der Waals surface area contributed by atoms with Crippen LogP contribution in [0.3, 0.4) is 0 Å². The average molecular weight is 527 g/mol. The Kier molecular flexibility index (Phi) is 7.88. The van der Waals surface area contributed by atoms with Crippen LogP contribution in [0.2, 0.25) is 5.02 Å². The molecule has 0 bridgehead atoms. The van der Waals surface area contributed by atoms with Gasteiger partial charge in [0.05, 0.1) is 28.4 Å². The van der Waals surface area contributed by atoms with Crippen molar-refractivity contribution < 1.29 is 18.7 Å². The Labute approximate surface area is 218 Å². The quantitative estimate of drug-likeness (QED) is 0.356. The number of hydrogen-bond donors (Lipinski definition) is 3. The van der Waals surface area contributed by atoms with Crippen LogP contribution in [0.15, 0.2) is 42.6 Å². The number of aromatic nitrogens is 1. The van der Waals surface area contributed by atoms with Crippen molar-refractivity contribution in [2.45, 2.75) is 20.0 Å². The molecular weight excluding hydrogens is 502 g/mol. The van der Waals surface area contributed by atoms with Crippen LogP contribution >= 0.6 is 11.6 Å². The van der Waals surface area contributed by atoms with Gasteiger partial charge < -0.3 is 15.7 Å². The Morgan fingerprint density at radius 2 is 1.89 bits per heavy atom.